The van der Waals surface area contributed by atoms with Gasteiger partial charge >= 0.3 is 0 Å². The molecule has 0 unspecified atom stereocenters. The second kappa shape index (κ2) is 4.99. The summed E-state index contributed by atoms with van der Waals surface area (Å²) >= 11 is 0. The fourth-order valence-corrected chi connectivity index (χ4v) is 0.729. The first-order valence-corrected chi connectivity index (χ1v) is 3.83. The normalized spacial score (nSPS) is 9.21. The fourth-order valence-electron chi connectivity index (χ4n) is 0.729. The SMILES string of the molecule is C#CCCOc1nc(NN)ncc1F. The second-order valence-electron chi connectivity index (χ2n) is 2.29. The second-order valence-corrected chi connectivity index (χ2v) is 2.29. The number of ether oxygens (including phenoxy) is 1. The standard InChI is InChI=1S/C8H9FN4O/c1-2-3-4-14-7-6(9)5-11-8(12-7)13-10/h1,5H,3-4,10H2,(H,11,12,13). The Labute approximate surface area is 80.5 Å². The Morgan fingerprint density at radius 3 is 3.14 bits per heavy atom. The highest BCUT2D eigenvalue weighted by Gasteiger charge is 2.06. The smallest absolute Gasteiger partial charge is 0.255 e. The van der Waals surface area contributed by atoms with E-state index in [9.17, 15) is 4.39 Å². The largest absolute Gasteiger partial charge is 0.474 e. The quantitative estimate of drug-likeness (QED) is 0.313. The van der Waals surface area contributed by atoms with E-state index >= 15 is 0 Å². The molecule has 14 heavy (non-hydrogen) atoms. The van der Waals surface area contributed by atoms with Gasteiger partial charge in [0.05, 0.1) is 6.20 Å². The summed E-state index contributed by atoms with van der Waals surface area (Å²) in [6.45, 7) is 0.203. The average molecular weight is 196 g/mol. The van der Waals surface area contributed by atoms with Crippen LogP contribution in [0.5, 0.6) is 5.88 Å². The maximum atomic E-state index is 13.0. The summed E-state index contributed by atoms with van der Waals surface area (Å²) in [5.41, 5.74) is 2.18. The van der Waals surface area contributed by atoms with Gasteiger partial charge in [-0.3, -0.25) is 5.43 Å². The first-order chi connectivity index (χ1) is 6.77. The van der Waals surface area contributed by atoms with Crippen LogP contribution >= 0.6 is 0 Å². The van der Waals surface area contributed by atoms with Gasteiger partial charge in [-0.2, -0.15) is 9.37 Å². The van der Waals surface area contributed by atoms with Gasteiger partial charge in [0.25, 0.3) is 5.88 Å². The summed E-state index contributed by atoms with van der Waals surface area (Å²) in [4.78, 5) is 7.19. The molecule has 1 heterocycles. The Morgan fingerprint density at radius 2 is 2.50 bits per heavy atom. The maximum absolute atomic E-state index is 13.0. The van der Waals surface area contributed by atoms with E-state index in [4.69, 9.17) is 17.0 Å². The highest BCUT2D eigenvalue weighted by atomic mass is 19.1. The van der Waals surface area contributed by atoms with Crippen molar-refractivity contribution in [3.05, 3.63) is 12.0 Å². The lowest BCUT2D eigenvalue weighted by molar-refractivity contribution is 0.296. The van der Waals surface area contributed by atoms with E-state index in [0.717, 1.165) is 6.20 Å². The topological polar surface area (TPSA) is 73.1 Å². The lowest BCUT2D eigenvalue weighted by Gasteiger charge is -2.05. The highest BCUT2D eigenvalue weighted by Crippen LogP contribution is 2.13. The molecule has 0 aliphatic rings. The minimum atomic E-state index is -0.652. The Hall–Kier alpha value is -1.87. The number of halogens is 1. The Kier molecular flexibility index (Phi) is 3.64. The van der Waals surface area contributed by atoms with Crippen LogP contribution in [0, 0.1) is 18.2 Å². The third kappa shape index (κ3) is 2.57. The van der Waals surface area contributed by atoms with Gasteiger partial charge in [0.15, 0.2) is 0 Å². The first kappa shape index (κ1) is 10.2. The number of nitrogens with two attached hydrogens (primary N) is 1. The summed E-state index contributed by atoms with van der Waals surface area (Å²) in [7, 11) is 0. The summed E-state index contributed by atoms with van der Waals surface area (Å²) in [5.74, 6) is 6.66. The zero-order valence-electron chi connectivity index (χ0n) is 7.33. The van der Waals surface area contributed by atoms with Gasteiger partial charge in [-0.1, -0.05) is 0 Å². The molecule has 1 rings (SSSR count). The van der Waals surface area contributed by atoms with E-state index in [2.05, 4.69) is 21.3 Å². The first-order valence-electron chi connectivity index (χ1n) is 3.83. The Bertz CT molecular complexity index is 350. The van der Waals surface area contributed by atoms with Gasteiger partial charge in [-0.05, 0) is 0 Å². The number of anilines is 1. The molecule has 0 aliphatic carbocycles. The van der Waals surface area contributed by atoms with E-state index in [1.54, 1.807) is 0 Å². The molecule has 6 heteroatoms. The van der Waals surface area contributed by atoms with Crippen LogP contribution in [0.4, 0.5) is 10.3 Å². The maximum Gasteiger partial charge on any atom is 0.255 e. The third-order valence-electron chi connectivity index (χ3n) is 1.33. The molecule has 5 nitrogen and oxygen atoms in total. The Balaban J connectivity index is 2.69. The molecular weight excluding hydrogens is 187 g/mol. The molecule has 1 aromatic heterocycles. The van der Waals surface area contributed by atoms with E-state index < -0.39 is 5.82 Å². The summed E-state index contributed by atoms with van der Waals surface area (Å²) in [6, 6.07) is 0. The summed E-state index contributed by atoms with van der Waals surface area (Å²) in [6.07, 6.45) is 6.35. The van der Waals surface area contributed by atoms with Gasteiger partial charge in [-0.25, -0.2) is 10.8 Å². The number of nitrogens with one attached hydrogen (secondary N) is 1. The van der Waals surface area contributed by atoms with Crippen molar-refractivity contribution < 1.29 is 9.13 Å². The van der Waals surface area contributed by atoms with Crippen LogP contribution in [0.3, 0.4) is 0 Å². The molecule has 0 bridgehead atoms. The zero-order valence-corrected chi connectivity index (χ0v) is 7.33. The number of terminal acetylenes is 1. The molecule has 0 atom stereocenters. The number of hydrazine groups is 1. The summed E-state index contributed by atoms with van der Waals surface area (Å²) < 4.78 is 17.9. The molecule has 74 valence electrons. The number of hydrogen-bond acceptors (Lipinski definition) is 5. The molecule has 0 spiro atoms. The van der Waals surface area contributed by atoms with Crippen LogP contribution in [0.15, 0.2) is 6.20 Å². The Morgan fingerprint density at radius 1 is 1.71 bits per heavy atom. The fraction of sp³-hybridized carbons (Fsp3) is 0.250. The molecular formula is C8H9FN4O. The van der Waals surface area contributed by atoms with Crippen LogP contribution in [0.2, 0.25) is 0 Å². The molecule has 3 N–H and O–H groups in total. The minimum Gasteiger partial charge on any atom is -0.474 e. The molecule has 0 saturated heterocycles. The number of rotatable bonds is 4. The van der Waals surface area contributed by atoms with Crippen molar-refractivity contribution in [2.45, 2.75) is 6.42 Å². The van der Waals surface area contributed by atoms with Crippen molar-refractivity contribution >= 4 is 5.95 Å². The summed E-state index contributed by atoms with van der Waals surface area (Å²) in [5, 5.41) is 0. The highest BCUT2D eigenvalue weighted by molar-refractivity contribution is 5.26. The van der Waals surface area contributed by atoms with Crippen LogP contribution in [0.1, 0.15) is 6.42 Å². The number of aromatic nitrogens is 2. The average Bonchev–Trinajstić information content (AvgIpc) is 2.21. The van der Waals surface area contributed by atoms with Crippen molar-refractivity contribution in [1.82, 2.24) is 9.97 Å². The predicted octanol–water partition coefficient (Wildman–Crippen LogP) is 0.303. The number of nitrogen functional groups attached to an aromatic ring is 1. The lowest BCUT2D eigenvalue weighted by Crippen LogP contribution is -2.12. The van der Waals surface area contributed by atoms with Crippen LogP contribution in [-0.4, -0.2) is 16.6 Å². The third-order valence-corrected chi connectivity index (χ3v) is 1.33. The van der Waals surface area contributed by atoms with E-state index in [0.29, 0.717) is 6.42 Å². The van der Waals surface area contributed by atoms with E-state index in [1.807, 2.05) is 0 Å². The van der Waals surface area contributed by atoms with Crippen molar-refractivity contribution in [3.8, 4) is 18.2 Å². The van der Waals surface area contributed by atoms with Crippen LogP contribution in [0.25, 0.3) is 0 Å². The van der Waals surface area contributed by atoms with Crippen LogP contribution in [-0.2, 0) is 0 Å². The van der Waals surface area contributed by atoms with E-state index in [-0.39, 0.29) is 18.4 Å². The molecule has 0 fully saturated rings. The van der Waals surface area contributed by atoms with Crippen LogP contribution < -0.4 is 16.0 Å². The molecule has 0 saturated carbocycles. The molecule has 1 aromatic rings. The van der Waals surface area contributed by atoms with Gasteiger partial charge in [0, 0.05) is 6.42 Å². The van der Waals surface area contributed by atoms with Gasteiger partial charge in [-0.15, -0.1) is 12.3 Å². The van der Waals surface area contributed by atoms with Crippen molar-refractivity contribution in [1.29, 1.82) is 0 Å². The molecule has 0 aromatic carbocycles. The molecule has 0 radical (unpaired) electrons. The van der Waals surface area contributed by atoms with Gasteiger partial charge in [0.2, 0.25) is 11.8 Å². The predicted molar refractivity (Wildman–Crippen MR) is 48.7 cm³/mol. The van der Waals surface area contributed by atoms with Crippen molar-refractivity contribution in [2.24, 2.45) is 5.84 Å². The zero-order chi connectivity index (χ0) is 10.4. The molecule has 0 amide bonds. The lowest BCUT2D eigenvalue weighted by atomic mass is 10.5. The number of nitrogens with zero attached hydrogens (tertiary/aromatic N) is 2. The molecule has 0 aliphatic heterocycles. The minimum absolute atomic E-state index is 0.0853. The van der Waals surface area contributed by atoms with Gasteiger partial charge < -0.3 is 4.74 Å². The van der Waals surface area contributed by atoms with Gasteiger partial charge in [0.1, 0.15) is 6.61 Å². The van der Waals surface area contributed by atoms with Crippen molar-refractivity contribution in [2.75, 3.05) is 12.0 Å². The monoisotopic (exact) mass is 196 g/mol. The van der Waals surface area contributed by atoms with E-state index in [1.165, 1.54) is 0 Å². The van der Waals surface area contributed by atoms with Crippen molar-refractivity contribution in [3.63, 3.8) is 0 Å². The number of hydrogen-bond donors (Lipinski definition) is 2.